The summed E-state index contributed by atoms with van der Waals surface area (Å²) in [4.78, 5) is 4.90. The van der Waals surface area contributed by atoms with Crippen LogP contribution in [-0.2, 0) is 6.42 Å². The molecule has 142 valence electrons. The lowest BCUT2D eigenvalue weighted by Crippen LogP contribution is -2.15. The molecule has 0 spiro atoms. The highest BCUT2D eigenvalue weighted by Gasteiger charge is 2.49. The summed E-state index contributed by atoms with van der Waals surface area (Å²) in [6.45, 7) is 6.64. The van der Waals surface area contributed by atoms with Crippen molar-refractivity contribution in [3.05, 3.63) is 46.7 Å². The number of nitrogens with zero attached hydrogens (tertiary/aromatic N) is 2. The Bertz CT molecular complexity index is 808. The number of hydrogen-bond donors (Lipinski definition) is 0. The number of aliphatic imine (C=N–C) groups is 1. The fraction of sp³-hybridized carbons (Fsp3) is 0.600. The highest BCUT2D eigenvalue weighted by Crippen LogP contribution is 2.54. The summed E-state index contributed by atoms with van der Waals surface area (Å²) in [5, 5.41) is 9.46. The van der Waals surface area contributed by atoms with Gasteiger partial charge in [0.2, 0.25) is 0 Å². The SMILES string of the molecule is CC1=C(C#N)N=C2C(CC1)CCC(CCc1cccc(C(C)C)c1)C1CC21. The van der Waals surface area contributed by atoms with Crippen LogP contribution in [0.5, 0.6) is 0 Å². The van der Waals surface area contributed by atoms with Crippen LogP contribution in [0.15, 0.2) is 40.5 Å². The van der Waals surface area contributed by atoms with Gasteiger partial charge >= 0.3 is 0 Å². The van der Waals surface area contributed by atoms with E-state index >= 15 is 0 Å². The van der Waals surface area contributed by atoms with Gasteiger partial charge in [-0.1, -0.05) is 38.1 Å². The minimum absolute atomic E-state index is 0.603. The Hall–Kier alpha value is -1.88. The molecular formula is C25H32N2. The lowest BCUT2D eigenvalue weighted by Gasteiger charge is -2.18. The van der Waals surface area contributed by atoms with E-state index in [0.717, 1.165) is 18.3 Å². The van der Waals surface area contributed by atoms with Gasteiger partial charge in [0, 0.05) is 11.6 Å². The summed E-state index contributed by atoms with van der Waals surface area (Å²) >= 11 is 0. The molecule has 1 aromatic rings. The van der Waals surface area contributed by atoms with E-state index in [1.807, 2.05) is 0 Å². The van der Waals surface area contributed by atoms with Gasteiger partial charge in [-0.15, -0.1) is 0 Å². The van der Waals surface area contributed by atoms with Crippen molar-refractivity contribution in [2.45, 2.75) is 71.6 Å². The molecule has 0 aromatic heterocycles. The summed E-state index contributed by atoms with van der Waals surface area (Å²) in [5.41, 5.74) is 6.25. The molecule has 1 aromatic carbocycles. The molecule has 1 heterocycles. The molecule has 2 saturated carbocycles. The van der Waals surface area contributed by atoms with E-state index < -0.39 is 0 Å². The Labute approximate surface area is 164 Å². The standard InChI is InChI=1S/C25H32N2/c1-16(2)21-6-4-5-18(13-21)8-10-19-11-12-20-9-7-17(3)24(15-26)27-25(20)23-14-22(19)23/h4-6,13,16,19-20,22-23H,7-12,14H2,1-3H3. The quantitative estimate of drug-likeness (QED) is 0.609. The Kier molecular flexibility index (Phi) is 5.22. The van der Waals surface area contributed by atoms with Gasteiger partial charge in [-0.05, 0) is 92.2 Å². The average molecular weight is 361 g/mol. The lowest BCUT2D eigenvalue weighted by atomic mass is 9.87. The molecule has 0 saturated heterocycles. The molecule has 2 nitrogen and oxygen atoms in total. The third-order valence-corrected chi connectivity index (χ3v) is 7.17. The maximum Gasteiger partial charge on any atom is 0.139 e. The van der Waals surface area contributed by atoms with Gasteiger partial charge in [0.1, 0.15) is 11.8 Å². The largest absolute Gasteiger partial charge is 0.246 e. The molecule has 4 unspecified atom stereocenters. The Balaban J connectivity index is 1.45. The Morgan fingerprint density at radius 2 is 2.07 bits per heavy atom. The van der Waals surface area contributed by atoms with Crippen LogP contribution in [0.3, 0.4) is 0 Å². The van der Waals surface area contributed by atoms with Crippen LogP contribution in [0, 0.1) is 35.0 Å². The molecule has 0 amide bonds. The first-order chi connectivity index (χ1) is 13.1. The topological polar surface area (TPSA) is 36.1 Å². The summed E-state index contributed by atoms with van der Waals surface area (Å²) in [6, 6.07) is 11.5. The van der Waals surface area contributed by atoms with Crippen molar-refractivity contribution in [2.24, 2.45) is 28.7 Å². The number of aryl methyl sites for hydroxylation is 1. The lowest BCUT2D eigenvalue weighted by molar-refractivity contribution is 0.375. The monoisotopic (exact) mass is 360 g/mol. The molecule has 0 bridgehead atoms. The third kappa shape index (κ3) is 3.88. The van der Waals surface area contributed by atoms with E-state index in [0.29, 0.717) is 23.5 Å². The number of nitriles is 1. The molecule has 27 heavy (non-hydrogen) atoms. The van der Waals surface area contributed by atoms with Gasteiger partial charge in [0.15, 0.2) is 0 Å². The zero-order chi connectivity index (χ0) is 19.0. The van der Waals surface area contributed by atoms with Crippen molar-refractivity contribution in [1.82, 2.24) is 0 Å². The highest BCUT2D eigenvalue weighted by atomic mass is 14.8. The van der Waals surface area contributed by atoms with Crippen molar-refractivity contribution >= 4 is 5.71 Å². The second kappa shape index (κ2) is 7.63. The van der Waals surface area contributed by atoms with E-state index in [1.54, 1.807) is 0 Å². The Morgan fingerprint density at radius 3 is 2.85 bits per heavy atom. The normalized spacial score (nSPS) is 30.0. The predicted molar refractivity (Wildman–Crippen MR) is 112 cm³/mol. The number of hydrogen-bond acceptors (Lipinski definition) is 2. The zero-order valence-electron chi connectivity index (χ0n) is 17.0. The number of allylic oxidation sites excluding steroid dienone is 2. The fourth-order valence-electron chi connectivity index (χ4n) is 5.29. The van der Waals surface area contributed by atoms with Crippen LogP contribution in [0.25, 0.3) is 0 Å². The average Bonchev–Trinajstić information content (AvgIpc) is 3.46. The zero-order valence-corrected chi connectivity index (χ0v) is 17.0. The van der Waals surface area contributed by atoms with E-state index in [4.69, 9.17) is 4.99 Å². The highest BCUT2D eigenvalue weighted by molar-refractivity contribution is 5.93. The van der Waals surface area contributed by atoms with Crippen molar-refractivity contribution < 1.29 is 0 Å². The number of fused-ring (bicyclic) bond motifs is 3. The van der Waals surface area contributed by atoms with E-state index in [2.05, 4.69) is 51.1 Å². The molecule has 4 rings (SSSR count). The van der Waals surface area contributed by atoms with Crippen LogP contribution in [0.2, 0.25) is 0 Å². The summed E-state index contributed by atoms with van der Waals surface area (Å²) in [5.74, 6) is 3.55. The summed E-state index contributed by atoms with van der Waals surface area (Å²) < 4.78 is 0. The van der Waals surface area contributed by atoms with Crippen LogP contribution < -0.4 is 0 Å². The minimum atomic E-state index is 0.603. The second-order valence-corrected chi connectivity index (χ2v) is 9.29. The summed E-state index contributed by atoms with van der Waals surface area (Å²) in [6.07, 6.45) is 8.68. The molecule has 0 N–H and O–H groups in total. The fourth-order valence-corrected chi connectivity index (χ4v) is 5.29. The van der Waals surface area contributed by atoms with Gasteiger partial charge in [0.05, 0.1) is 0 Å². The number of benzene rings is 1. The molecule has 3 aliphatic rings. The molecule has 0 radical (unpaired) electrons. The molecule has 2 aliphatic carbocycles. The van der Waals surface area contributed by atoms with Crippen LogP contribution in [0.4, 0.5) is 0 Å². The van der Waals surface area contributed by atoms with Gasteiger partial charge in [-0.25, -0.2) is 4.99 Å². The van der Waals surface area contributed by atoms with Crippen molar-refractivity contribution in [3.63, 3.8) is 0 Å². The predicted octanol–water partition coefficient (Wildman–Crippen LogP) is 6.44. The van der Waals surface area contributed by atoms with Crippen molar-refractivity contribution in [1.29, 1.82) is 5.26 Å². The van der Waals surface area contributed by atoms with Gasteiger partial charge in [-0.3, -0.25) is 0 Å². The molecular weight excluding hydrogens is 328 g/mol. The van der Waals surface area contributed by atoms with Crippen molar-refractivity contribution in [3.8, 4) is 6.07 Å². The first-order valence-corrected chi connectivity index (χ1v) is 10.8. The molecule has 2 fully saturated rings. The smallest absolute Gasteiger partial charge is 0.139 e. The van der Waals surface area contributed by atoms with Crippen LogP contribution >= 0.6 is 0 Å². The molecule has 2 heteroatoms. The van der Waals surface area contributed by atoms with Gasteiger partial charge in [0.25, 0.3) is 0 Å². The molecule has 4 atom stereocenters. The maximum absolute atomic E-state index is 9.46. The second-order valence-electron chi connectivity index (χ2n) is 9.29. The van der Waals surface area contributed by atoms with E-state index in [-0.39, 0.29) is 0 Å². The van der Waals surface area contributed by atoms with Gasteiger partial charge in [-0.2, -0.15) is 5.26 Å². The first kappa shape index (κ1) is 18.5. The van der Waals surface area contributed by atoms with E-state index in [1.165, 1.54) is 60.9 Å². The van der Waals surface area contributed by atoms with Crippen LogP contribution in [-0.4, -0.2) is 5.71 Å². The maximum atomic E-state index is 9.46. The molecule has 1 aliphatic heterocycles. The van der Waals surface area contributed by atoms with Gasteiger partial charge < -0.3 is 0 Å². The third-order valence-electron chi connectivity index (χ3n) is 7.17. The summed E-state index contributed by atoms with van der Waals surface area (Å²) in [7, 11) is 0. The Morgan fingerprint density at radius 1 is 1.22 bits per heavy atom. The van der Waals surface area contributed by atoms with Crippen LogP contribution in [0.1, 0.15) is 76.3 Å². The number of rotatable bonds is 4. The van der Waals surface area contributed by atoms with E-state index in [9.17, 15) is 5.26 Å². The first-order valence-electron chi connectivity index (χ1n) is 10.8. The van der Waals surface area contributed by atoms with Crippen molar-refractivity contribution in [2.75, 3.05) is 0 Å². The minimum Gasteiger partial charge on any atom is -0.246 e.